The third kappa shape index (κ3) is 4.14. The molecule has 0 saturated heterocycles. The van der Waals surface area contributed by atoms with Crippen LogP contribution in [0.1, 0.15) is 39.3 Å². The van der Waals surface area contributed by atoms with Crippen LogP contribution in [-0.4, -0.2) is 38.3 Å². The molecule has 5 heteroatoms. The quantitative estimate of drug-likeness (QED) is 0.769. The van der Waals surface area contributed by atoms with E-state index in [0.29, 0.717) is 0 Å². The van der Waals surface area contributed by atoms with Gasteiger partial charge in [0.2, 0.25) is 0 Å². The summed E-state index contributed by atoms with van der Waals surface area (Å²) in [4.78, 5) is 12.9. The Hall–Kier alpha value is -1.36. The molecule has 102 valence electrons. The lowest BCUT2D eigenvalue weighted by atomic mass is 10.2. The summed E-state index contributed by atoms with van der Waals surface area (Å²) < 4.78 is 2.00. The van der Waals surface area contributed by atoms with Crippen molar-refractivity contribution < 1.29 is 9.90 Å². The lowest BCUT2D eigenvalue weighted by molar-refractivity contribution is -0.138. The Morgan fingerprint density at radius 3 is 2.83 bits per heavy atom. The Morgan fingerprint density at radius 1 is 1.56 bits per heavy atom. The molecule has 0 saturated carbocycles. The van der Waals surface area contributed by atoms with Crippen molar-refractivity contribution in [2.75, 3.05) is 6.54 Å². The number of carbonyl (C=O) groups is 1. The highest BCUT2D eigenvalue weighted by atomic mass is 16.4. The van der Waals surface area contributed by atoms with Gasteiger partial charge in [0.1, 0.15) is 0 Å². The second-order valence-corrected chi connectivity index (χ2v) is 4.56. The molecule has 0 fully saturated rings. The first-order chi connectivity index (χ1) is 8.58. The monoisotopic (exact) mass is 253 g/mol. The van der Waals surface area contributed by atoms with Crippen molar-refractivity contribution in [1.29, 1.82) is 0 Å². The van der Waals surface area contributed by atoms with Crippen molar-refractivity contribution in [3.8, 4) is 0 Å². The van der Waals surface area contributed by atoms with Crippen LogP contribution in [-0.2, 0) is 17.9 Å². The first-order valence-corrected chi connectivity index (χ1v) is 6.55. The molecule has 1 N–H and O–H groups in total. The molecule has 1 heterocycles. The Kier molecular flexibility index (Phi) is 5.85. The maximum Gasteiger partial charge on any atom is 0.304 e. The minimum absolute atomic E-state index is 0.0393. The summed E-state index contributed by atoms with van der Waals surface area (Å²) in [7, 11) is 0. The molecule has 0 aliphatic carbocycles. The Balaban J connectivity index is 2.66. The largest absolute Gasteiger partial charge is 0.481 e. The average Bonchev–Trinajstić information content (AvgIpc) is 2.72. The molecule has 0 aliphatic rings. The van der Waals surface area contributed by atoms with Crippen LogP contribution in [0.25, 0.3) is 0 Å². The SMILES string of the molecule is CCCn1nccc1CN(CC)C(C)CC(=O)O. The highest BCUT2D eigenvalue weighted by Gasteiger charge is 2.17. The fourth-order valence-electron chi connectivity index (χ4n) is 2.08. The second-order valence-electron chi connectivity index (χ2n) is 4.56. The molecule has 0 spiro atoms. The summed E-state index contributed by atoms with van der Waals surface area (Å²) in [6.07, 6.45) is 3.03. The molecule has 1 rings (SSSR count). The van der Waals surface area contributed by atoms with E-state index in [1.54, 1.807) is 6.20 Å². The number of hydrogen-bond acceptors (Lipinski definition) is 3. The minimum Gasteiger partial charge on any atom is -0.481 e. The molecule has 5 nitrogen and oxygen atoms in total. The van der Waals surface area contributed by atoms with Crippen LogP contribution >= 0.6 is 0 Å². The van der Waals surface area contributed by atoms with Gasteiger partial charge in [-0.3, -0.25) is 14.4 Å². The number of rotatable bonds is 8. The maximum atomic E-state index is 10.8. The highest BCUT2D eigenvalue weighted by Crippen LogP contribution is 2.10. The van der Waals surface area contributed by atoms with Crippen molar-refractivity contribution in [2.24, 2.45) is 0 Å². The van der Waals surface area contributed by atoms with Gasteiger partial charge in [-0.25, -0.2) is 0 Å². The molecule has 0 amide bonds. The molecule has 0 radical (unpaired) electrons. The average molecular weight is 253 g/mol. The van der Waals surface area contributed by atoms with Gasteiger partial charge in [0.25, 0.3) is 0 Å². The van der Waals surface area contributed by atoms with Gasteiger partial charge in [-0.1, -0.05) is 13.8 Å². The number of aryl methyl sites for hydroxylation is 1. The van der Waals surface area contributed by atoms with E-state index >= 15 is 0 Å². The molecule has 1 unspecified atom stereocenters. The molecule has 0 aromatic carbocycles. The number of carboxylic acids is 1. The molecular weight excluding hydrogens is 230 g/mol. The normalized spacial score (nSPS) is 12.9. The first-order valence-electron chi connectivity index (χ1n) is 6.55. The molecular formula is C13H23N3O2. The molecule has 1 aromatic heterocycles. The Bertz CT molecular complexity index is 376. The van der Waals surface area contributed by atoms with E-state index in [2.05, 4.69) is 23.8 Å². The number of aliphatic carboxylic acids is 1. The van der Waals surface area contributed by atoms with Crippen molar-refractivity contribution >= 4 is 5.97 Å². The van der Waals surface area contributed by atoms with Crippen molar-refractivity contribution in [3.63, 3.8) is 0 Å². The molecule has 18 heavy (non-hydrogen) atoms. The number of aromatic nitrogens is 2. The predicted molar refractivity (Wildman–Crippen MR) is 70.3 cm³/mol. The van der Waals surface area contributed by atoms with Gasteiger partial charge in [0.05, 0.1) is 12.1 Å². The van der Waals surface area contributed by atoms with E-state index in [1.165, 1.54) is 0 Å². The van der Waals surface area contributed by atoms with Crippen molar-refractivity contribution in [1.82, 2.24) is 14.7 Å². The van der Waals surface area contributed by atoms with Crippen LogP contribution in [0.5, 0.6) is 0 Å². The van der Waals surface area contributed by atoms with Crippen LogP contribution in [0.2, 0.25) is 0 Å². The van der Waals surface area contributed by atoms with E-state index in [-0.39, 0.29) is 12.5 Å². The summed E-state index contributed by atoms with van der Waals surface area (Å²) in [5.41, 5.74) is 1.15. The van der Waals surface area contributed by atoms with E-state index < -0.39 is 5.97 Å². The topological polar surface area (TPSA) is 58.4 Å². The summed E-state index contributed by atoms with van der Waals surface area (Å²) in [5.74, 6) is -0.747. The highest BCUT2D eigenvalue weighted by molar-refractivity contribution is 5.67. The Morgan fingerprint density at radius 2 is 2.28 bits per heavy atom. The summed E-state index contributed by atoms with van der Waals surface area (Å²) in [5, 5.41) is 13.1. The lowest BCUT2D eigenvalue weighted by Gasteiger charge is -2.26. The van der Waals surface area contributed by atoms with Crippen LogP contribution in [0.15, 0.2) is 12.3 Å². The standard InChI is InChI=1S/C13H23N3O2/c1-4-8-16-12(6-7-14-16)10-15(5-2)11(3)9-13(17)18/h6-7,11H,4-5,8-10H2,1-3H3,(H,17,18). The smallest absolute Gasteiger partial charge is 0.304 e. The molecule has 1 aromatic rings. The zero-order chi connectivity index (χ0) is 13.5. The van der Waals surface area contributed by atoms with Crippen LogP contribution in [0, 0.1) is 0 Å². The predicted octanol–water partition coefficient (Wildman–Crippen LogP) is 1.98. The van der Waals surface area contributed by atoms with Crippen LogP contribution < -0.4 is 0 Å². The van der Waals surface area contributed by atoms with Gasteiger partial charge in [0.15, 0.2) is 0 Å². The zero-order valence-electron chi connectivity index (χ0n) is 11.5. The van der Waals surface area contributed by atoms with E-state index in [9.17, 15) is 4.79 Å². The van der Waals surface area contributed by atoms with Crippen molar-refractivity contribution in [2.45, 2.75) is 52.7 Å². The second kappa shape index (κ2) is 7.16. The van der Waals surface area contributed by atoms with E-state index in [0.717, 1.165) is 31.7 Å². The van der Waals surface area contributed by atoms with Gasteiger partial charge < -0.3 is 5.11 Å². The molecule has 0 bridgehead atoms. The molecule has 0 aliphatic heterocycles. The van der Waals surface area contributed by atoms with Gasteiger partial charge >= 0.3 is 5.97 Å². The minimum atomic E-state index is -0.747. The fourth-order valence-corrected chi connectivity index (χ4v) is 2.08. The molecule has 1 atom stereocenters. The lowest BCUT2D eigenvalue weighted by Crippen LogP contribution is -2.34. The van der Waals surface area contributed by atoms with E-state index in [1.807, 2.05) is 17.7 Å². The van der Waals surface area contributed by atoms with E-state index in [4.69, 9.17) is 5.11 Å². The summed E-state index contributed by atoms with van der Waals surface area (Å²) in [6, 6.07) is 2.05. The number of nitrogens with zero attached hydrogens (tertiary/aromatic N) is 3. The van der Waals surface area contributed by atoms with Gasteiger partial charge in [-0.15, -0.1) is 0 Å². The van der Waals surface area contributed by atoms with Gasteiger partial charge in [0, 0.05) is 25.3 Å². The van der Waals surface area contributed by atoms with Crippen LogP contribution in [0.3, 0.4) is 0 Å². The third-order valence-electron chi connectivity index (χ3n) is 3.10. The maximum absolute atomic E-state index is 10.8. The fraction of sp³-hybridized carbons (Fsp3) is 0.692. The number of carboxylic acid groups (broad SMARTS) is 1. The zero-order valence-corrected chi connectivity index (χ0v) is 11.5. The summed E-state index contributed by atoms with van der Waals surface area (Å²) >= 11 is 0. The van der Waals surface area contributed by atoms with Gasteiger partial charge in [-0.2, -0.15) is 5.10 Å². The van der Waals surface area contributed by atoms with Gasteiger partial charge in [-0.05, 0) is 26.0 Å². The van der Waals surface area contributed by atoms with Crippen molar-refractivity contribution in [3.05, 3.63) is 18.0 Å². The van der Waals surface area contributed by atoms with Crippen LogP contribution in [0.4, 0.5) is 0 Å². The first kappa shape index (κ1) is 14.7. The third-order valence-corrected chi connectivity index (χ3v) is 3.10. The summed E-state index contributed by atoms with van der Waals surface area (Å²) in [6.45, 7) is 8.64. The Labute approximate surface area is 108 Å². The number of hydrogen-bond donors (Lipinski definition) is 1.